The van der Waals surface area contributed by atoms with Crippen molar-refractivity contribution in [1.82, 2.24) is 0 Å². The Hall–Kier alpha value is 0.340. The minimum atomic E-state index is -2.83. The van der Waals surface area contributed by atoms with Crippen LogP contribution in [0, 0.1) is 27.1 Å². The smallest absolute Gasteiger partial charge is 0.465 e. The summed E-state index contributed by atoms with van der Waals surface area (Å²) in [5, 5.41) is 0. The Morgan fingerprint density at radius 3 is 0.754 bits per heavy atom. The molecule has 0 atom stereocenters. The van der Waals surface area contributed by atoms with Crippen LogP contribution in [0.4, 0.5) is 0 Å². The lowest BCUT2D eigenvalue weighted by molar-refractivity contribution is -0.154. The van der Waals surface area contributed by atoms with Crippen LogP contribution in [-0.4, -0.2) is 198 Å². The molecule has 1 aliphatic heterocycles. The van der Waals surface area contributed by atoms with Crippen LogP contribution in [0.25, 0.3) is 0 Å². The Kier molecular flexibility index (Phi) is 52.7. The first-order chi connectivity index (χ1) is 51.9. The fourth-order valence-electron chi connectivity index (χ4n) is 12.2. The topological polar surface area (TPSA) is 242 Å². The highest BCUT2D eigenvalue weighted by molar-refractivity contribution is 6.94. The van der Waals surface area contributed by atoms with Crippen LogP contribution >= 0.6 is 0 Å². The average Bonchev–Trinajstić information content (AvgIpc) is 0.785. The third-order valence-electron chi connectivity index (χ3n) is 18.4. The van der Waals surface area contributed by atoms with Crippen LogP contribution in [0.3, 0.4) is 0 Å². The van der Waals surface area contributed by atoms with Crippen molar-refractivity contribution in [2.75, 3.05) is 33.0 Å². The van der Waals surface area contributed by atoms with Crippen molar-refractivity contribution in [3.05, 3.63) is 0 Å². The number of hydrogen-bond donors (Lipinski definition) is 0. The standard InChI is InChI=1S/2C18H44O5Si4.C16H38O6Si4.C16H38O4Si3.C12H26O2Si/c1-13-18(2,3)17(19)20-15-14-16-25(7,8)22-27(11,12)23-26(9,10)21-24(4,5)6;1-13-18(2,3)17(19)20-15-14-16-27(21-24(4,5)6,22-25(7,8)9)23-26(10,11)12;1-11-16(2,3)15(17)18-13-12-14-26(10)21-24(6,7)19-23(4,5)20-25(8,9)22-26;1-11-16(2,3)15(17)18-13-12-14-23(10,19-21(4,5)6)20-22(7,8)9;1-7-12(2,3)11(13)14-9-8-10-15(4,5)6/h2*13-16H2,1-12H3;11-14H2,1-10H3;11-14H2,1-10H3;7-10H2,1-6H3. The highest BCUT2D eigenvalue weighted by Crippen LogP contribution is 2.37. The number of carbonyl (C=O) groups is 5. The van der Waals surface area contributed by atoms with Crippen LogP contribution < -0.4 is 0 Å². The van der Waals surface area contributed by atoms with E-state index in [9.17, 15) is 24.0 Å². The zero-order valence-electron chi connectivity index (χ0n) is 86.1. The van der Waals surface area contributed by atoms with Gasteiger partial charge in [0.05, 0.1) is 60.1 Å². The molecule has 0 saturated carbocycles. The summed E-state index contributed by atoms with van der Waals surface area (Å²) in [5.74, 6) is -0.559. The number of ether oxygens (including phenoxy) is 5. The van der Waals surface area contributed by atoms with Crippen LogP contribution in [0.1, 0.15) is 168 Å². The van der Waals surface area contributed by atoms with Crippen molar-refractivity contribution >= 4 is 165 Å². The van der Waals surface area contributed by atoms with Gasteiger partial charge in [0.25, 0.3) is 0 Å². The normalized spacial score (nSPS) is 16.3. The van der Waals surface area contributed by atoms with Gasteiger partial charge >= 0.3 is 98.6 Å². The van der Waals surface area contributed by atoms with Crippen molar-refractivity contribution in [3.63, 3.8) is 0 Å². The lowest BCUT2D eigenvalue weighted by atomic mass is 9.91. The lowest BCUT2D eigenvalue weighted by Gasteiger charge is -2.47. The molecule has 1 fully saturated rings. The van der Waals surface area contributed by atoms with E-state index in [1.165, 1.54) is 6.04 Å². The summed E-state index contributed by atoms with van der Waals surface area (Å²) in [6.45, 7) is 108. The molecule has 0 bridgehead atoms. The second-order valence-electron chi connectivity index (χ2n) is 45.6. The molecule has 1 heterocycles. The van der Waals surface area contributed by atoms with E-state index in [1.54, 1.807) is 0 Å². The summed E-state index contributed by atoms with van der Waals surface area (Å²) in [7, 11) is -32.4. The number of rotatable bonds is 46. The molecule has 0 aliphatic carbocycles. The van der Waals surface area contributed by atoms with Gasteiger partial charge in [-0.25, -0.2) is 0 Å². The average molecular weight is 1950 g/mol. The van der Waals surface area contributed by atoms with E-state index in [1.807, 2.05) is 104 Å². The quantitative estimate of drug-likeness (QED) is 0.0238. The zero-order chi connectivity index (χ0) is 94.5. The summed E-state index contributed by atoms with van der Waals surface area (Å²) in [6.07, 6.45) is 8.02. The molecular formula is C80H190O22Si16. The van der Waals surface area contributed by atoms with Crippen LogP contribution in [0.5, 0.6) is 0 Å². The predicted molar refractivity (Wildman–Crippen MR) is 533 cm³/mol. The minimum absolute atomic E-state index is 0.0550. The summed E-state index contributed by atoms with van der Waals surface area (Å²) in [5.41, 5.74) is -1.99. The first-order valence-corrected chi connectivity index (χ1v) is 92.5. The molecule has 0 amide bonds. The molecule has 1 rings (SSSR count). The van der Waals surface area contributed by atoms with Gasteiger partial charge in [0.1, 0.15) is 0 Å². The highest BCUT2D eigenvalue weighted by Gasteiger charge is 2.54. The zero-order valence-corrected chi connectivity index (χ0v) is 102. The fraction of sp³-hybridized carbons (Fsp3) is 0.938. The fourth-order valence-corrected chi connectivity index (χ4v) is 80.6. The minimum Gasteiger partial charge on any atom is -0.465 e. The van der Waals surface area contributed by atoms with E-state index in [0.29, 0.717) is 45.5 Å². The maximum Gasteiger partial charge on any atom is 0.469 e. The van der Waals surface area contributed by atoms with Crippen molar-refractivity contribution in [2.45, 2.75) is 427 Å². The molecule has 22 nitrogen and oxygen atoms in total. The Morgan fingerprint density at radius 1 is 0.271 bits per heavy atom. The third kappa shape index (κ3) is 62.5. The second-order valence-corrected chi connectivity index (χ2v) is 112. The molecule has 38 heteroatoms. The van der Waals surface area contributed by atoms with Gasteiger partial charge in [0.2, 0.25) is 0 Å². The molecule has 1 aliphatic rings. The van der Waals surface area contributed by atoms with E-state index >= 15 is 0 Å². The van der Waals surface area contributed by atoms with Gasteiger partial charge < -0.3 is 73.1 Å². The monoisotopic (exact) mass is 1950 g/mol. The van der Waals surface area contributed by atoms with Gasteiger partial charge in [-0.05, 0) is 361 Å². The van der Waals surface area contributed by atoms with Crippen molar-refractivity contribution in [3.8, 4) is 0 Å². The number of esters is 5. The van der Waals surface area contributed by atoms with Crippen LogP contribution in [0.2, 0.25) is 259 Å². The molecule has 0 aromatic rings. The van der Waals surface area contributed by atoms with Gasteiger partial charge in [0, 0.05) is 14.1 Å². The highest BCUT2D eigenvalue weighted by atomic mass is 28.5. The van der Waals surface area contributed by atoms with Crippen LogP contribution in [-0.2, 0) is 97.0 Å². The Labute approximate surface area is 743 Å². The van der Waals surface area contributed by atoms with Gasteiger partial charge in [-0.2, -0.15) is 0 Å². The summed E-state index contributed by atoms with van der Waals surface area (Å²) in [6, 6.07) is 4.51. The summed E-state index contributed by atoms with van der Waals surface area (Å²) >= 11 is 0. The summed E-state index contributed by atoms with van der Waals surface area (Å²) in [4.78, 5) is 60.0. The lowest BCUT2D eigenvalue weighted by Crippen LogP contribution is -2.65. The molecule has 0 aromatic heterocycles. The third-order valence-corrected chi connectivity index (χ3v) is 72.5. The Balaban J connectivity index is -0.000000696. The largest absolute Gasteiger partial charge is 0.469 e. The van der Waals surface area contributed by atoms with E-state index < -0.39 is 157 Å². The summed E-state index contributed by atoms with van der Waals surface area (Å²) < 4.78 is 105. The van der Waals surface area contributed by atoms with Crippen molar-refractivity contribution in [1.29, 1.82) is 0 Å². The van der Waals surface area contributed by atoms with Crippen molar-refractivity contribution < 1.29 is 97.0 Å². The maximum atomic E-state index is 12.2. The molecule has 0 radical (unpaired) electrons. The van der Waals surface area contributed by atoms with Crippen LogP contribution in [0.15, 0.2) is 0 Å². The number of hydrogen-bond acceptors (Lipinski definition) is 22. The molecule has 706 valence electrons. The Bertz CT molecular complexity index is 2860. The molecule has 0 unspecified atom stereocenters. The molecule has 0 spiro atoms. The first-order valence-electron chi connectivity index (χ1n) is 44.2. The van der Waals surface area contributed by atoms with E-state index in [2.05, 4.69) is 229 Å². The van der Waals surface area contributed by atoms with E-state index in [4.69, 9.17) is 73.1 Å². The molecular weight excluding hydrogens is 1760 g/mol. The Morgan fingerprint density at radius 2 is 0.500 bits per heavy atom. The predicted octanol–water partition coefficient (Wildman–Crippen LogP) is 25.1. The van der Waals surface area contributed by atoms with Gasteiger partial charge in [0.15, 0.2) is 58.2 Å². The van der Waals surface area contributed by atoms with Gasteiger partial charge in [-0.15, -0.1) is 0 Å². The van der Waals surface area contributed by atoms with E-state index in [-0.39, 0.29) is 35.3 Å². The number of carbonyl (C=O) groups excluding carboxylic acids is 5. The second kappa shape index (κ2) is 49.9. The van der Waals surface area contributed by atoms with Gasteiger partial charge in [-0.1, -0.05) is 60.3 Å². The SMILES string of the molecule is CCC(C)(C)C(=O)OCCC[Si](C)(C)C.CCC(C)(C)C(=O)OCCC[Si](C)(C)O[Si](C)(C)O[Si](C)(C)O[Si](C)(C)C.CCC(C)(C)C(=O)OCCC[Si](C)(O[Si](C)(C)C)O[Si](C)(C)C.CCC(C)(C)C(=O)OCCC[Si](O[Si](C)(C)C)(O[Si](C)(C)C)O[Si](C)(C)C.CCC(C)(C)C(=O)OCCC[Si]1(C)O[Si](C)(C)O[Si](C)(C)O[Si](C)(C)O1. The van der Waals surface area contributed by atoms with E-state index in [0.717, 1.165) is 75.9 Å². The molecule has 1 saturated heterocycles. The molecule has 0 N–H and O–H groups in total. The first kappa shape index (κ1) is 125. The van der Waals surface area contributed by atoms with Crippen molar-refractivity contribution in [2.24, 2.45) is 27.1 Å². The van der Waals surface area contributed by atoms with Gasteiger partial charge in [-0.3, -0.25) is 24.0 Å². The molecule has 0 aromatic carbocycles. The molecule has 118 heavy (non-hydrogen) atoms. The maximum absolute atomic E-state index is 12.2.